The van der Waals surface area contributed by atoms with Gasteiger partial charge in [0.2, 0.25) is 0 Å². The zero-order valence-corrected chi connectivity index (χ0v) is 14.8. The number of nitrogens with one attached hydrogen (secondary N) is 1. The molecule has 0 saturated carbocycles. The Morgan fingerprint density at radius 3 is 2.59 bits per heavy atom. The molecule has 0 bridgehead atoms. The number of aromatic nitrogens is 2. The van der Waals surface area contributed by atoms with Crippen molar-refractivity contribution < 1.29 is 0 Å². The highest BCUT2D eigenvalue weighted by Gasteiger charge is 2.10. The average Bonchev–Trinajstić information content (AvgIpc) is 2.83. The van der Waals surface area contributed by atoms with E-state index >= 15 is 0 Å². The minimum atomic E-state index is 0.715. The third-order valence-corrected chi connectivity index (χ3v) is 4.30. The van der Waals surface area contributed by atoms with Crippen LogP contribution in [0.3, 0.4) is 0 Å². The summed E-state index contributed by atoms with van der Waals surface area (Å²) in [5.41, 5.74) is 5.83. The SMILES string of the molecule is CCn1cc(CN(C)C(=S)Nc2ccc(C)c(C)c2)c(C)n1. The smallest absolute Gasteiger partial charge is 0.173 e. The first-order chi connectivity index (χ1) is 10.4. The highest BCUT2D eigenvalue weighted by Crippen LogP contribution is 2.15. The van der Waals surface area contributed by atoms with Crippen LogP contribution in [0.25, 0.3) is 0 Å². The largest absolute Gasteiger partial charge is 0.348 e. The van der Waals surface area contributed by atoms with Crippen LogP contribution < -0.4 is 5.32 Å². The third-order valence-electron chi connectivity index (χ3n) is 3.88. The quantitative estimate of drug-likeness (QED) is 0.873. The third kappa shape index (κ3) is 3.85. The molecule has 0 aliphatic heterocycles. The molecule has 4 nitrogen and oxygen atoms in total. The van der Waals surface area contributed by atoms with Gasteiger partial charge >= 0.3 is 0 Å². The summed E-state index contributed by atoms with van der Waals surface area (Å²) < 4.78 is 1.96. The number of hydrogen-bond donors (Lipinski definition) is 1. The fraction of sp³-hybridized carbons (Fsp3) is 0.412. The lowest BCUT2D eigenvalue weighted by atomic mass is 10.1. The predicted molar refractivity (Wildman–Crippen MR) is 96.2 cm³/mol. The van der Waals surface area contributed by atoms with E-state index in [9.17, 15) is 0 Å². The molecule has 1 N–H and O–H groups in total. The normalized spacial score (nSPS) is 10.6. The Labute approximate surface area is 138 Å². The molecule has 5 heteroatoms. The van der Waals surface area contributed by atoms with Gasteiger partial charge in [0.05, 0.1) is 5.69 Å². The average molecular weight is 316 g/mol. The first-order valence-corrected chi connectivity index (χ1v) is 7.93. The molecule has 1 aromatic heterocycles. The van der Waals surface area contributed by atoms with Crippen molar-refractivity contribution in [3.8, 4) is 0 Å². The van der Waals surface area contributed by atoms with E-state index in [1.54, 1.807) is 0 Å². The Morgan fingerprint density at radius 1 is 1.27 bits per heavy atom. The van der Waals surface area contributed by atoms with Crippen LogP contribution in [0.15, 0.2) is 24.4 Å². The molecular weight excluding hydrogens is 292 g/mol. The number of thiocarbonyl (C=S) groups is 1. The molecule has 1 heterocycles. The molecule has 0 atom stereocenters. The molecule has 0 aliphatic rings. The minimum absolute atomic E-state index is 0.715. The lowest BCUT2D eigenvalue weighted by Crippen LogP contribution is -2.30. The summed E-state index contributed by atoms with van der Waals surface area (Å²) in [6.45, 7) is 9.98. The van der Waals surface area contributed by atoms with Crippen LogP contribution in [0, 0.1) is 20.8 Å². The number of nitrogens with zero attached hydrogens (tertiary/aromatic N) is 3. The summed E-state index contributed by atoms with van der Waals surface area (Å²) in [4.78, 5) is 2.04. The van der Waals surface area contributed by atoms with E-state index in [0.29, 0.717) is 5.11 Å². The molecule has 1 aromatic carbocycles. The summed E-state index contributed by atoms with van der Waals surface area (Å²) in [7, 11) is 2.00. The molecule has 0 aliphatic carbocycles. The van der Waals surface area contributed by atoms with E-state index in [1.165, 1.54) is 16.7 Å². The highest BCUT2D eigenvalue weighted by atomic mass is 32.1. The van der Waals surface area contributed by atoms with Gasteiger partial charge in [0.25, 0.3) is 0 Å². The molecule has 0 saturated heterocycles. The summed E-state index contributed by atoms with van der Waals surface area (Å²) in [6.07, 6.45) is 2.09. The Kier molecular flexibility index (Phi) is 5.19. The Hall–Kier alpha value is -1.88. The van der Waals surface area contributed by atoms with E-state index in [1.807, 2.05) is 23.6 Å². The molecule has 0 spiro atoms. The minimum Gasteiger partial charge on any atom is -0.348 e. The second-order valence-electron chi connectivity index (χ2n) is 5.68. The summed E-state index contributed by atoms with van der Waals surface area (Å²) in [6, 6.07) is 6.29. The fourth-order valence-corrected chi connectivity index (χ4v) is 2.42. The van der Waals surface area contributed by atoms with Crippen molar-refractivity contribution in [1.82, 2.24) is 14.7 Å². The zero-order valence-electron chi connectivity index (χ0n) is 14.0. The number of aryl methyl sites for hydroxylation is 4. The molecule has 22 heavy (non-hydrogen) atoms. The molecule has 0 amide bonds. The molecule has 2 rings (SSSR count). The van der Waals surface area contributed by atoms with Crippen molar-refractivity contribution in [3.05, 3.63) is 46.8 Å². The molecular formula is C17H24N4S. The Morgan fingerprint density at radius 2 is 2.00 bits per heavy atom. The fourth-order valence-electron chi connectivity index (χ4n) is 2.24. The van der Waals surface area contributed by atoms with Crippen molar-refractivity contribution in [1.29, 1.82) is 0 Å². The van der Waals surface area contributed by atoms with E-state index in [2.05, 4.69) is 55.6 Å². The zero-order chi connectivity index (χ0) is 16.3. The van der Waals surface area contributed by atoms with Crippen LogP contribution in [0.1, 0.15) is 29.3 Å². The first-order valence-electron chi connectivity index (χ1n) is 7.53. The van der Waals surface area contributed by atoms with Crippen molar-refractivity contribution >= 4 is 23.0 Å². The maximum absolute atomic E-state index is 5.50. The molecule has 0 unspecified atom stereocenters. The van der Waals surface area contributed by atoms with E-state index in [-0.39, 0.29) is 0 Å². The number of anilines is 1. The first kappa shape index (κ1) is 16.5. The van der Waals surface area contributed by atoms with Gasteiger partial charge in [0, 0.05) is 37.6 Å². The Bertz CT molecular complexity index is 675. The van der Waals surface area contributed by atoms with Gasteiger partial charge in [-0.3, -0.25) is 4.68 Å². The number of hydrogen-bond acceptors (Lipinski definition) is 2. The number of rotatable bonds is 4. The van der Waals surface area contributed by atoms with Gasteiger partial charge in [0.15, 0.2) is 5.11 Å². The topological polar surface area (TPSA) is 33.1 Å². The standard InChI is InChI=1S/C17H24N4S/c1-6-21-11-15(14(4)19-21)10-20(5)17(22)18-16-8-7-12(2)13(3)9-16/h7-9,11H,6,10H2,1-5H3,(H,18,22). The van der Waals surface area contributed by atoms with Gasteiger partial charge in [-0.25, -0.2) is 0 Å². The van der Waals surface area contributed by atoms with Crippen molar-refractivity contribution in [2.24, 2.45) is 0 Å². The lowest BCUT2D eigenvalue weighted by Gasteiger charge is -2.21. The second kappa shape index (κ2) is 6.92. The predicted octanol–water partition coefficient (Wildman–Crippen LogP) is 3.66. The summed E-state index contributed by atoms with van der Waals surface area (Å²) >= 11 is 5.50. The summed E-state index contributed by atoms with van der Waals surface area (Å²) in [5, 5.41) is 8.49. The van der Waals surface area contributed by atoms with Crippen LogP contribution in [-0.2, 0) is 13.1 Å². The maximum Gasteiger partial charge on any atom is 0.173 e. The van der Waals surface area contributed by atoms with Gasteiger partial charge in [-0.05, 0) is 63.2 Å². The van der Waals surface area contributed by atoms with Gasteiger partial charge in [0.1, 0.15) is 0 Å². The van der Waals surface area contributed by atoms with Gasteiger partial charge in [-0.15, -0.1) is 0 Å². The van der Waals surface area contributed by atoms with E-state index in [0.717, 1.165) is 24.5 Å². The molecule has 118 valence electrons. The molecule has 0 radical (unpaired) electrons. The number of benzene rings is 1. The summed E-state index contributed by atoms with van der Waals surface area (Å²) in [5.74, 6) is 0. The van der Waals surface area contributed by atoms with Crippen molar-refractivity contribution in [2.75, 3.05) is 12.4 Å². The lowest BCUT2D eigenvalue weighted by molar-refractivity contribution is 0.506. The maximum atomic E-state index is 5.50. The van der Waals surface area contributed by atoms with Gasteiger partial charge < -0.3 is 10.2 Å². The second-order valence-corrected chi connectivity index (χ2v) is 6.07. The van der Waals surface area contributed by atoms with E-state index < -0.39 is 0 Å². The van der Waals surface area contributed by atoms with Crippen LogP contribution >= 0.6 is 12.2 Å². The van der Waals surface area contributed by atoms with Gasteiger partial charge in [-0.2, -0.15) is 5.10 Å². The molecule has 2 aromatic rings. The van der Waals surface area contributed by atoms with Crippen LogP contribution in [-0.4, -0.2) is 26.8 Å². The Balaban J connectivity index is 2.02. The van der Waals surface area contributed by atoms with Crippen molar-refractivity contribution in [3.63, 3.8) is 0 Å². The molecule has 0 fully saturated rings. The van der Waals surface area contributed by atoms with Crippen LogP contribution in [0.2, 0.25) is 0 Å². The van der Waals surface area contributed by atoms with Gasteiger partial charge in [-0.1, -0.05) is 6.07 Å². The van der Waals surface area contributed by atoms with Crippen molar-refractivity contribution in [2.45, 2.75) is 40.8 Å². The van der Waals surface area contributed by atoms with E-state index in [4.69, 9.17) is 12.2 Å². The van der Waals surface area contributed by atoms with Crippen LogP contribution in [0.5, 0.6) is 0 Å². The van der Waals surface area contributed by atoms with Crippen LogP contribution in [0.4, 0.5) is 5.69 Å². The highest BCUT2D eigenvalue weighted by molar-refractivity contribution is 7.80. The monoisotopic (exact) mass is 316 g/mol.